The third-order valence-corrected chi connectivity index (χ3v) is 2.55. The summed E-state index contributed by atoms with van der Waals surface area (Å²) in [4.78, 5) is 11.6. The van der Waals surface area contributed by atoms with Gasteiger partial charge >= 0.3 is 0 Å². The number of nitrogens with one attached hydrogen (secondary N) is 2. The highest BCUT2D eigenvalue weighted by Gasteiger charge is 2.16. The number of amides is 1. The van der Waals surface area contributed by atoms with Gasteiger partial charge in [-0.25, -0.2) is 0 Å². The summed E-state index contributed by atoms with van der Waals surface area (Å²) in [5.41, 5.74) is 0. The van der Waals surface area contributed by atoms with Crippen LogP contribution in [-0.2, 0) is 4.79 Å². The van der Waals surface area contributed by atoms with Crippen molar-refractivity contribution in [1.82, 2.24) is 10.6 Å². The lowest BCUT2D eigenvalue weighted by Crippen LogP contribution is -2.41. The zero-order valence-electron chi connectivity index (χ0n) is 10.1. The fourth-order valence-corrected chi connectivity index (χ4v) is 1.14. The monoisotopic (exact) mass is 200 g/mol. The molecule has 84 valence electrons. The van der Waals surface area contributed by atoms with Crippen LogP contribution in [0, 0.1) is 11.8 Å². The van der Waals surface area contributed by atoms with Crippen molar-refractivity contribution in [2.75, 3.05) is 13.1 Å². The second-order valence-electron chi connectivity index (χ2n) is 4.24. The zero-order chi connectivity index (χ0) is 11.1. The Balaban J connectivity index is 3.73. The molecule has 0 aliphatic heterocycles. The number of carbonyl (C=O) groups excluding carboxylic acids is 1. The molecule has 2 atom stereocenters. The van der Waals surface area contributed by atoms with Gasteiger partial charge in [-0.2, -0.15) is 0 Å². The largest absolute Gasteiger partial charge is 0.354 e. The molecule has 1 amide bonds. The summed E-state index contributed by atoms with van der Waals surface area (Å²) in [7, 11) is 0. The van der Waals surface area contributed by atoms with Crippen molar-refractivity contribution < 1.29 is 4.79 Å². The molecular formula is C11H24N2O. The van der Waals surface area contributed by atoms with E-state index < -0.39 is 0 Å². The van der Waals surface area contributed by atoms with E-state index in [-0.39, 0.29) is 11.8 Å². The summed E-state index contributed by atoms with van der Waals surface area (Å²) in [5.74, 6) is 0.665. The maximum absolute atomic E-state index is 11.6. The predicted molar refractivity (Wildman–Crippen MR) is 60.2 cm³/mol. The molecule has 0 bridgehead atoms. The van der Waals surface area contributed by atoms with Gasteiger partial charge in [0, 0.05) is 18.5 Å². The second kappa shape index (κ2) is 6.82. The van der Waals surface area contributed by atoms with E-state index in [4.69, 9.17) is 0 Å². The first-order valence-electron chi connectivity index (χ1n) is 5.50. The summed E-state index contributed by atoms with van der Waals surface area (Å²) >= 11 is 0. The summed E-state index contributed by atoms with van der Waals surface area (Å²) in [6, 6.07) is 0.350. The van der Waals surface area contributed by atoms with Crippen LogP contribution in [0.5, 0.6) is 0 Å². The Morgan fingerprint density at radius 2 is 1.79 bits per heavy atom. The Hall–Kier alpha value is -0.570. The topological polar surface area (TPSA) is 41.1 Å². The van der Waals surface area contributed by atoms with Crippen LogP contribution >= 0.6 is 0 Å². The highest BCUT2D eigenvalue weighted by atomic mass is 16.1. The first-order chi connectivity index (χ1) is 6.49. The Kier molecular flexibility index (Phi) is 6.54. The molecule has 0 spiro atoms. The molecule has 2 N–H and O–H groups in total. The van der Waals surface area contributed by atoms with Crippen LogP contribution in [0.25, 0.3) is 0 Å². The molecule has 0 rings (SSSR count). The number of hydrogen-bond donors (Lipinski definition) is 2. The molecule has 3 heteroatoms. The minimum atomic E-state index is 0.101. The molecule has 0 aromatic heterocycles. The van der Waals surface area contributed by atoms with E-state index in [1.54, 1.807) is 0 Å². The number of rotatable bonds is 6. The minimum Gasteiger partial charge on any atom is -0.354 e. The van der Waals surface area contributed by atoms with E-state index in [1.165, 1.54) is 0 Å². The molecule has 0 fully saturated rings. The Labute approximate surface area is 87.6 Å². The van der Waals surface area contributed by atoms with Gasteiger partial charge in [-0.05, 0) is 19.4 Å². The average Bonchev–Trinajstić information content (AvgIpc) is 2.13. The third kappa shape index (κ3) is 5.22. The van der Waals surface area contributed by atoms with Crippen LogP contribution in [-0.4, -0.2) is 25.0 Å². The molecule has 14 heavy (non-hydrogen) atoms. The zero-order valence-corrected chi connectivity index (χ0v) is 10.1. The molecule has 0 radical (unpaired) electrons. The number of carbonyl (C=O) groups is 1. The molecule has 0 heterocycles. The smallest absolute Gasteiger partial charge is 0.223 e. The lowest BCUT2D eigenvalue weighted by atomic mass is 9.97. The SMILES string of the molecule is CCN[C@H](C)CNC(=O)C(C)C(C)C. The quantitative estimate of drug-likeness (QED) is 0.680. The van der Waals surface area contributed by atoms with Crippen molar-refractivity contribution in [2.45, 2.75) is 40.7 Å². The van der Waals surface area contributed by atoms with Crippen LogP contribution in [0.3, 0.4) is 0 Å². The van der Waals surface area contributed by atoms with E-state index in [0.717, 1.165) is 6.54 Å². The van der Waals surface area contributed by atoms with Crippen molar-refractivity contribution in [3.63, 3.8) is 0 Å². The van der Waals surface area contributed by atoms with Gasteiger partial charge < -0.3 is 10.6 Å². The number of likely N-dealkylation sites (N-methyl/N-ethyl adjacent to an activating group) is 1. The predicted octanol–water partition coefficient (Wildman–Crippen LogP) is 1.39. The molecule has 3 nitrogen and oxygen atoms in total. The Morgan fingerprint density at radius 3 is 2.21 bits per heavy atom. The lowest BCUT2D eigenvalue weighted by molar-refractivity contribution is -0.125. The van der Waals surface area contributed by atoms with Gasteiger partial charge in [-0.3, -0.25) is 4.79 Å². The maximum Gasteiger partial charge on any atom is 0.223 e. The van der Waals surface area contributed by atoms with Gasteiger partial charge in [0.05, 0.1) is 0 Å². The van der Waals surface area contributed by atoms with Crippen LogP contribution in [0.1, 0.15) is 34.6 Å². The van der Waals surface area contributed by atoms with Crippen LogP contribution in [0.4, 0.5) is 0 Å². The standard InChI is InChI=1S/C11H24N2O/c1-6-12-9(4)7-13-11(14)10(5)8(2)3/h8-10,12H,6-7H2,1-5H3,(H,13,14)/t9-,10?/m1/s1. The van der Waals surface area contributed by atoms with Gasteiger partial charge in [0.2, 0.25) is 5.91 Å². The van der Waals surface area contributed by atoms with Gasteiger partial charge in [0.1, 0.15) is 0 Å². The van der Waals surface area contributed by atoms with Crippen molar-refractivity contribution >= 4 is 5.91 Å². The van der Waals surface area contributed by atoms with Gasteiger partial charge in [-0.15, -0.1) is 0 Å². The maximum atomic E-state index is 11.6. The Bertz CT molecular complexity index is 169. The highest BCUT2D eigenvalue weighted by molar-refractivity contribution is 5.78. The van der Waals surface area contributed by atoms with Crippen LogP contribution in [0.2, 0.25) is 0 Å². The molecule has 0 saturated carbocycles. The van der Waals surface area contributed by atoms with Crippen molar-refractivity contribution in [2.24, 2.45) is 11.8 Å². The molecule has 0 saturated heterocycles. The van der Waals surface area contributed by atoms with Crippen molar-refractivity contribution in [1.29, 1.82) is 0 Å². The Morgan fingerprint density at radius 1 is 1.21 bits per heavy atom. The van der Waals surface area contributed by atoms with Gasteiger partial charge in [0.15, 0.2) is 0 Å². The van der Waals surface area contributed by atoms with E-state index in [1.807, 2.05) is 6.92 Å². The van der Waals surface area contributed by atoms with E-state index in [9.17, 15) is 4.79 Å². The highest BCUT2D eigenvalue weighted by Crippen LogP contribution is 2.08. The summed E-state index contributed by atoms with van der Waals surface area (Å²) in [6.07, 6.45) is 0. The molecule has 0 aromatic rings. The fraction of sp³-hybridized carbons (Fsp3) is 0.909. The van der Waals surface area contributed by atoms with Gasteiger partial charge in [0.25, 0.3) is 0 Å². The average molecular weight is 200 g/mol. The molecular weight excluding hydrogens is 176 g/mol. The summed E-state index contributed by atoms with van der Waals surface area (Å²) < 4.78 is 0. The van der Waals surface area contributed by atoms with Crippen molar-refractivity contribution in [3.8, 4) is 0 Å². The van der Waals surface area contributed by atoms with Gasteiger partial charge in [-0.1, -0.05) is 27.7 Å². The molecule has 0 aromatic carbocycles. The molecule has 0 aliphatic carbocycles. The third-order valence-electron chi connectivity index (χ3n) is 2.55. The molecule has 0 aliphatic rings. The van der Waals surface area contributed by atoms with E-state index in [0.29, 0.717) is 18.5 Å². The summed E-state index contributed by atoms with van der Waals surface area (Å²) in [6.45, 7) is 11.9. The van der Waals surface area contributed by atoms with Crippen molar-refractivity contribution in [3.05, 3.63) is 0 Å². The van der Waals surface area contributed by atoms with E-state index in [2.05, 4.69) is 38.3 Å². The minimum absolute atomic E-state index is 0.101. The summed E-state index contributed by atoms with van der Waals surface area (Å²) in [5, 5.41) is 6.20. The normalized spacial score (nSPS) is 15.3. The first-order valence-corrected chi connectivity index (χ1v) is 5.50. The lowest BCUT2D eigenvalue weighted by Gasteiger charge is -2.18. The number of hydrogen-bond acceptors (Lipinski definition) is 2. The van der Waals surface area contributed by atoms with Crippen LogP contribution in [0.15, 0.2) is 0 Å². The first kappa shape index (κ1) is 13.4. The second-order valence-corrected chi connectivity index (χ2v) is 4.24. The fourth-order valence-electron chi connectivity index (χ4n) is 1.14. The molecule has 1 unspecified atom stereocenters. The van der Waals surface area contributed by atoms with E-state index >= 15 is 0 Å². The van der Waals surface area contributed by atoms with Crippen LogP contribution < -0.4 is 10.6 Å².